The molecule has 0 saturated carbocycles. The smallest absolute Gasteiger partial charge is 0.221 e. The van der Waals surface area contributed by atoms with Crippen molar-refractivity contribution >= 4 is 5.91 Å². The lowest BCUT2D eigenvalue weighted by Gasteiger charge is -2.37. The number of hydrogen-bond donors (Lipinski definition) is 2. The van der Waals surface area contributed by atoms with Gasteiger partial charge in [0.25, 0.3) is 0 Å². The number of rotatable bonds is 4. The van der Waals surface area contributed by atoms with Crippen molar-refractivity contribution in [2.45, 2.75) is 25.8 Å². The normalized spacial score (nSPS) is 22.1. The molecule has 1 fully saturated rings. The minimum atomic E-state index is -0.190. The van der Waals surface area contributed by atoms with E-state index in [0.717, 1.165) is 25.9 Å². The zero-order chi connectivity index (χ0) is 13.8. The summed E-state index contributed by atoms with van der Waals surface area (Å²) in [6.07, 6.45) is 1.91. The van der Waals surface area contributed by atoms with Crippen LogP contribution in [0.5, 0.6) is 0 Å². The van der Waals surface area contributed by atoms with Crippen LogP contribution >= 0.6 is 0 Å². The van der Waals surface area contributed by atoms with Gasteiger partial charge in [-0.05, 0) is 37.4 Å². The van der Waals surface area contributed by atoms with Gasteiger partial charge < -0.3 is 11.5 Å². The van der Waals surface area contributed by atoms with Gasteiger partial charge in [0.1, 0.15) is 0 Å². The van der Waals surface area contributed by atoms with E-state index in [4.69, 9.17) is 11.5 Å². The lowest BCUT2D eigenvalue weighted by Crippen LogP contribution is -2.44. The molecule has 1 aliphatic rings. The summed E-state index contributed by atoms with van der Waals surface area (Å²) in [5.41, 5.74) is 13.9. The van der Waals surface area contributed by atoms with Gasteiger partial charge in [-0.15, -0.1) is 0 Å². The molecule has 0 aromatic heterocycles. The Morgan fingerprint density at radius 1 is 1.47 bits per heavy atom. The number of amides is 1. The average molecular weight is 261 g/mol. The van der Waals surface area contributed by atoms with Crippen molar-refractivity contribution in [3.63, 3.8) is 0 Å². The fourth-order valence-corrected chi connectivity index (χ4v) is 2.96. The van der Waals surface area contributed by atoms with E-state index in [9.17, 15) is 4.79 Å². The molecule has 104 valence electrons. The summed E-state index contributed by atoms with van der Waals surface area (Å²) in [4.78, 5) is 13.7. The van der Waals surface area contributed by atoms with Gasteiger partial charge in [-0.3, -0.25) is 9.69 Å². The van der Waals surface area contributed by atoms with Crippen molar-refractivity contribution in [1.29, 1.82) is 0 Å². The van der Waals surface area contributed by atoms with Gasteiger partial charge in [-0.1, -0.05) is 24.3 Å². The summed E-state index contributed by atoms with van der Waals surface area (Å²) < 4.78 is 0. The fourth-order valence-electron chi connectivity index (χ4n) is 2.96. The molecule has 2 atom stereocenters. The van der Waals surface area contributed by atoms with Gasteiger partial charge in [-0.25, -0.2) is 0 Å². The Labute approximate surface area is 114 Å². The highest BCUT2D eigenvalue weighted by atomic mass is 16.1. The molecular weight excluding hydrogens is 238 g/mol. The molecule has 4 nitrogen and oxygen atoms in total. The molecule has 0 aliphatic carbocycles. The summed E-state index contributed by atoms with van der Waals surface area (Å²) in [6, 6.07) is 8.49. The molecule has 1 amide bonds. The maximum atomic E-state index is 11.4. The van der Waals surface area contributed by atoms with Crippen LogP contribution in [0.1, 0.15) is 30.0 Å². The summed E-state index contributed by atoms with van der Waals surface area (Å²) in [5.74, 6) is -0.225. The van der Waals surface area contributed by atoms with E-state index < -0.39 is 0 Å². The van der Waals surface area contributed by atoms with E-state index >= 15 is 0 Å². The van der Waals surface area contributed by atoms with Crippen molar-refractivity contribution in [1.82, 2.24) is 4.90 Å². The van der Waals surface area contributed by atoms with Crippen LogP contribution in [0.3, 0.4) is 0 Å². The van der Waals surface area contributed by atoms with E-state index in [2.05, 4.69) is 24.0 Å². The minimum Gasteiger partial charge on any atom is -0.369 e. The fraction of sp³-hybridized carbons (Fsp3) is 0.533. The zero-order valence-corrected chi connectivity index (χ0v) is 11.5. The van der Waals surface area contributed by atoms with Gasteiger partial charge in [0.05, 0.1) is 5.92 Å². The molecule has 2 unspecified atom stereocenters. The standard InChI is InChI=1S/C15H23N3O/c1-11-5-2-3-7-13(11)14(9-16)18-8-4-6-12(10-18)15(17)19/h2-3,5,7,12,14H,4,6,8-10,16H2,1H3,(H2,17,19). The molecule has 2 rings (SSSR count). The second kappa shape index (κ2) is 6.17. The zero-order valence-electron chi connectivity index (χ0n) is 11.5. The first-order chi connectivity index (χ1) is 9.13. The second-order valence-corrected chi connectivity index (χ2v) is 5.34. The molecule has 1 saturated heterocycles. The van der Waals surface area contributed by atoms with Crippen LogP contribution in [0.25, 0.3) is 0 Å². The van der Waals surface area contributed by atoms with Crippen molar-refractivity contribution in [3.05, 3.63) is 35.4 Å². The van der Waals surface area contributed by atoms with Crippen LogP contribution in [0, 0.1) is 12.8 Å². The third-order valence-electron chi connectivity index (χ3n) is 4.07. The molecule has 1 aromatic rings. The molecule has 4 heteroatoms. The summed E-state index contributed by atoms with van der Waals surface area (Å²) >= 11 is 0. The lowest BCUT2D eigenvalue weighted by atomic mass is 9.93. The Bertz CT molecular complexity index is 447. The number of piperidine rings is 1. The second-order valence-electron chi connectivity index (χ2n) is 5.34. The van der Waals surface area contributed by atoms with Crippen LogP contribution in [0.2, 0.25) is 0 Å². The highest BCUT2D eigenvalue weighted by Crippen LogP contribution is 2.27. The van der Waals surface area contributed by atoms with E-state index in [1.807, 2.05) is 12.1 Å². The number of benzene rings is 1. The van der Waals surface area contributed by atoms with Crippen molar-refractivity contribution in [2.24, 2.45) is 17.4 Å². The van der Waals surface area contributed by atoms with E-state index in [1.54, 1.807) is 0 Å². The Morgan fingerprint density at radius 3 is 2.84 bits per heavy atom. The molecule has 0 bridgehead atoms. The van der Waals surface area contributed by atoms with Gasteiger partial charge in [-0.2, -0.15) is 0 Å². The predicted molar refractivity (Wildman–Crippen MR) is 76.5 cm³/mol. The Hall–Kier alpha value is -1.39. The largest absolute Gasteiger partial charge is 0.369 e. The lowest BCUT2D eigenvalue weighted by molar-refractivity contribution is -0.123. The summed E-state index contributed by atoms with van der Waals surface area (Å²) in [7, 11) is 0. The SMILES string of the molecule is Cc1ccccc1C(CN)N1CCCC(C(N)=O)C1. The molecule has 1 aliphatic heterocycles. The van der Waals surface area contributed by atoms with E-state index in [-0.39, 0.29) is 17.9 Å². The number of hydrogen-bond acceptors (Lipinski definition) is 3. The number of likely N-dealkylation sites (tertiary alicyclic amines) is 1. The van der Waals surface area contributed by atoms with Crippen molar-refractivity contribution < 1.29 is 4.79 Å². The topological polar surface area (TPSA) is 72.3 Å². The maximum absolute atomic E-state index is 11.4. The van der Waals surface area contributed by atoms with Gasteiger partial charge in [0.2, 0.25) is 5.91 Å². The molecule has 0 spiro atoms. The van der Waals surface area contributed by atoms with Crippen molar-refractivity contribution in [2.75, 3.05) is 19.6 Å². The molecule has 1 heterocycles. The number of carbonyl (C=O) groups excluding carboxylic acids is 1. The first-order valence-corrected chi connectivity index (χ1v) is 6.92. The predicted octanol–water partition coefficient (Wildman–Crippen LogP) is 1.19. The third-order valence-corrected chi connectivity index (χ3v) is 4.07. The van der Waals surface area contributed by atoms with E-state index in [0.29, 0.717) is 6.54 Å². The first-order valence-electron chi connectivity index (χ1n) is 6.92. The van der Waals surface area contributed by atoms with Gasteiger partial charge >= 0.3 is 0 Å². The Kier molecular flexibility index (Phi) is 4.56. The molecular formula is C15H23N3O. The van der Waals surface area contributed by atoms with Gasteiger partial charge in [0, 0.05) is 19.1 Å². The van der Waals surface area contributed by atoms with E-state index in [1.165, 1.54) is 11.1 Å². The number of primary amides is 1. The van der Waals surface area contributed by atoms with Crippen LogP contribution in [-0.2, 0) is 4.79 Å². The molecule has 4 N–H and O–H groups in total. The number of nitrogens with two attached hydrogens (primary N) is 2. The third kappa shape index (κ3) is 3.14. The average Bonchev–Trinajstić information content (AvgIpc) is 2.42. The van der Waals surface area contributed by atoms with Crippen molar-refractivity contribution in [3.8, 4) is 0 Å². The summed E-state index contributed by atoms with van der Waals surface area (Å²) in [5, 5.41) is 0. The molecule has 19 heavy (non-hydrogen) atoms. The Morgan fingerprint density at radius 2 is 2.21 bits per heavy atom. The molecule has 0 radical (unpaired) electrons. The quantitative estimate of drug-likeness (QED) is 0.855. The highest BCUT2D eigenvalue weighted by Gasteiger charge is 2.29. The minimum absolute atomic E-state index is 0.0354. The summed E-state index contributed by atoms with van der Waals surface area (Å²) in [6.45, 7) is 4.38. The van der Waals surface area contributed by atoms with Crippen LogP contribution < -0.4 is 11.5 Å². The van der Waals surface area contributed by atoms with Gasteiger partial charge in [0.15, 0.2) is 0 Å². The van der Waals surface area contributed by atoms with Crippen LogP contribution in [-0.4, -0.2) is 30.4 Å². The van der Waals surface area contributed by atoms with Crippen LogP contribution in [0.15, 0.2) is 24.3 Å². The first kappa shape index (κ1) is 14.0. The number of carbonyl (C=O) groups is 1. The number of aryl methyl sites for hydroxylation is 1. The number of nitrogens with zero attached hydrogens (tertiary/aromatic N) is 1. The Balaban J connectivity index is 2.18. The monoisotopic (exact) mass is 261 g/mol. The van der Waals surface area contributed by atoms with Crippen LogP contribution in [0.4, 0.5) is 0 Å². The maximum Gasteiger partial charge on any atom is 0.221 e. The molecule has 1 aromatic carbocycles. The highest BCUT2D eigenvalue weighted by molar-refractivity contribution is 5.76.